The average molecular weight is 377 g/mol. The van der Waals surface area contributed by atoms with E-state index < -0.39 is 0 Å². The summed E-state index contributed by atoms with van der Waals surface area (Å²) in [7, 11) is 1.65. The van der Waals surface area contributed by atoms with Crippen molar-refractivity contribution in [2.75, 3.05) is 37.4 Å². The second kappa shape index (κ2) is 8.89. The van der Waals surface area contributed by atoms with Gasteiger partial charge in [0, 0.05) is 13.1 Å². The Labute approximate surface area is 165 Å². The van der Waals surface area contributed by atoms with Crippen molar-refractivity contribution in [3.05, 3.63) is 54.2 Å². The molecule has 1 aromatic heterocycles. The van der Waals surface area contributed by atoms with Crippen LogP contribution in [-0.2, 0) is 6.54 Å². The van der Waals surface area contributed by atoms with E-state index in [1.54, 1.807) is 13.3 Å². The first-order valence-electron chi connectivity index (χ1n) is 9.89. The molecule has 0 spiro atoms. The van der Waals surface area contributed by atoms with E-state index in [1.165, 1.54) is 29.2 Å². The number of nitrogens with one attached hydrogen (secondary N) is 3. The van der Waals surface area contributed by atoms with Crippen LogP contribution in [0.1, 0.15) is 18.4 Å². The maximum atomic E-state index is 5.43. The van der Waals surface area contributed by atoms with Gasteiger partial charge >= 0.3 is 0 Å². The minimum atomic E-state index is 0.599. The fourth-order valence-corrected chi connectivity index (χ4v) is 3.68. The lowest BCUT2D eigenvalue weighted by Crippen LogP contribution is -2.31. The maximum Gasteiger partial charge on any atom is 0.225 e. The zero-order valence-electron chi connectivity index (χ0n) is 16.2. The van der Waals surface area contributed by atoms with E-state index in [9.17, 15) is 0 Å². The van der Waals surface area contributed by atoms with E-state index in [1.807, 2.05) is 0 Å². The van der Waals surface area contributed by atoms with Crippen LogP contribution in [0.25, 0.3) is 10.8 Å². The number of ether oxygens (including phenoxy) is 1. The third-order valence-corrected chi connectivity index (χ3v) is 5.31. The van der Waals surface area contributed by atoms with Crippen LogP contribution < -0.4 is 20.7 Å². The number of fused-ring (bicyclic) bond motifs is 1. The molecule has 2 aromatic carbocycles. The summed E-state index contributed by atoms with van der Waals surface area (Å²) in [5.41, 5.74) is 1.22. The number of hydrogen-bond acceptors (Lipinski definition) is 6. The van der Waals surface area contributed by atoms with Crippen LogP contribution in [0.3, 0.4) is 0 Å². The van der Waals surface area contributed by atoms with Gasteiger partial charge in [-0.2, -0.15) is 4.98 Å². The summed E-state index contributed by atoms with van der Waals surface area (Å²) in [6.07, 6.45) is 4.10. The molecular formula is C22H27N5O. The highest BCUT2D eigenvalue weighted by Crippen LogP contribution is 2.24. The molecule has 6 heteroatoms. The smallest absolute Gasteiger partial charge is 0.225 e. The van der Waals surface area contributed by atoms with Gasteiger partial charge in [0.05, 0.1) is 13.3 Å². The maximum absolute atomic E-state index is 5.43. The van der Waals surface area contributed by atoms with Crippen LogP contribution in [-0.4, -0.2) is 36.7 Å². The molecule has 28 heavy (non-hydrogen) atoms. The SMILES string of the molecule is COc1cnc(NCc2cccc3ccccc23)nc1NCC1CCNCC1. The van der Waals surface area contributed by atoms with E-state index in [4.69, 9.17) is 4.74 Å². The zero-order valence-corrected chi connectivity index (χ0v) is 16.2. The molecule has 4 rings (SSSR count). The molecule has 1 fully saturated rings. The van der Waals surface area contributed by atoms with Gasteiger partial charge in [0.1, 0.15) is 0 Å². The first kappa shape index (κ1) is 18.5. The van der Waals surface area contributed by atoms with Crippen molar-refractivity contribution in [1.29, 1.82) is 0 Å². The Morgan fingerprint density at radius 1 is 1.07 bits per heavy atom. The highest BCUT2D eigenvalue weighted by molar-refractivity contribution is 5.85. The molecule has 2 heterocycles. The molecule has 3 aromatic rings. The lowest BCUT2D eigenvalue weighted by molar-refractivity contribution is 0.387. The molecular weight excluding hydrogens is 350 g/mol. The van der Waals surface area contributed by atoms with Gasteiger partial charge in [-0.25, -0.2) is 4.98 Å². The van der Waals surface area contributed by atoms with Gasteiger partial charge in [0.25, 0.3) is 0 Å². The minimum Gasteiger partial charge on any atom is -0.491 e. The van der Waals surface area contributed by atoms with Crippen LogP contribution in [0.4, 0.5) is 11.8 Å². The Balaban J connectivity index is 1.45. The van der Waals surface area contributed by atoms with Gasteiger partial charge in [0.15, 0.2) is 11.6 Å². The molecule has 1 aliphatic rings. The predicted molar refractivity (Wildman–Crippen MR) is 114 cm³/mol. The number of nitrogens with zero attached hydrogens (tertiary/aromatic N) is 2. The first-order valence-corrected chi connectivity index (χ1v) is 9.89. The Morgan fingerprint density at radius 2 is 1.89 bits per heavy atom. The van der Waals surface area contributed by atoms with Crippen molar-refractivity contribution in [1.82, 2.24) is 15.3 Å². The largest absolute Gasteiger partial charge is 0.491 e. The van der Waals surface area contributed by atoms with E-state index >= 15 is 0 Å². The first-order chi connectivity index (χ1) is 13.8. The normalized spacial score (nSPS) is 14.8. The van der Waals surface area contributed by atoms with Gasteiger partial charge in [-0.05, 0) is 48.2 Å². The fraction of sp³-hybridized carbons (Fsp3) is 0.364. The molecule has 3 N–H and O–H groups in total. The number of aromatic nitrogens is 2. The Hall–Kier alpha value is -2.86. The van der Waals surface area contributed by atoms with Crippen LogP contribution in [0.2, 0.25) is 0 Å². The molecule has 0 aliphatic carbocycles. The lowest BCUT2D eigenvalue weighted by Gasteiger charge is -2.23. The number of hydrogen-bond donors (Lipinski definition) is 3. The molecule has 0 bridgehead atoms. The summed E-state index contributed by atoms with van der Waals surface area (Å²) in [5.74, 6) is 2.68. The summed E-state index contributed by atoms with van der Waals surface area (Å²) in [5, 5.41) is 12.7. The van der Waals surface area contributed by atoms with Crippen LogP contribution in [0.15, 0.2) is 48.7 Å². The third kappa shape index (κ3) is 4.34. The van der Waals surface area contributed by atoms with E-state index in [-0.39, 0.29) is 0 Å². The van der Waals surface area contributed by atoms with Crippen LogP contribution in [0.5, 0.6) is 5.75 Å². The molecule has 0 saturated carbocycles. The molecule has 6 nitrogen and oxygen atoms in total. The van der Waals surface area contributed by atoms with Gasteiger partial charge in [0.2, 0.25) is 5.95 Å². The third-order valence-electron chi connectivity index (χ3n) is 5.31. The van der Waals surface area contributed by atoms with E-state index in [0.717, 1.165) is 25.5 Å². The van der Waals surface area contributed by atoms with Crippen LogP contribution >= 0.6 is 0 Å². The van der Waals surface area contributed by atoms with Crippen molar-refractivity contribution in [3.8, 4) is 5.75 Å². The molecule has 1 saturated heterocycles. The van der Waals surface area contributed by atoms with Gasteiger partial charge in [-0.1, -0.05) is 42.5 Å². The molecule has 0 amide bonds. The number of benzene rings is 2. The van der Waals surface area contributed by atoms with E-state index in [2.05, 4.69) is 68.4 Å². The summed E-state index contributed by atoms with van der Waals surface area (Å²) in [6, 6.07) is 14.8. The van der Waals surface area contributed by atoms with Crippen molar-refractivity contribution in [2.24, 2.45) is 5.92 Å². The van der Waals surface area contributed by atoms with Crippen molar-refractivity contribution in [3.63, 3.8) is 0 Å². The average Bonchev–Trinajstić information content (AvgIpc) is 2.77. The monoisotopic (exact) mass is 377 g/mol. The molecule has 0 atom stereocenters. The molecule has 0 radical (unpaired) electrons. The summed E-state index contributed by atoms with van der Waals surface area (Å²) in [4.78, 5) is 9.05. The second-order valence-corrected chi connectivity index (χ2v) is 7.18. The number of rotatable bonds is 7. The van der Waals surface area contributed by atoms with Gasteiger partial charge in [-0.3, -0.25) is 0 Å². The summed E-state index contributed by atoms with van der Waals surface area (Å²) >= 11 is 0. The summed E-state index contributed by atoms with van der Waals surface area (Å²) in [6.45, 7) is 3.75. The minimum absolute atomic E-state index is 0.599. The number of methoxy groups -OCH3 is 1. The Bertz CT molecular complexity index is 918. The van der Waals surface area contributed by atoms with Gasteiger partial charge in [-0.15, -0.1) is 0 Å². The quantitative estimate of drug-likeness (QED) is 0.584. The second-order valence-electron chi connectivity index (χ2n) is 7.18. The van der Waals surface area contributed by atoms with Gasteiger partial charge < -0.3 is 20.7 Å². The molecule has 1 aliphatic heterocycles. The Morgan fingerprint density at radius 3 is 2.75 bits per heavy atom. The number of anilines is 2. The Kier molecular flexibility index (Phi) is 5.87. The highest BCUT2D eigenvalue weighted by atomic mass is 16.5. The zero-order chi connectivity index (χ0) is 19.2. The molecule has 146 valence electrons. The topological polar surface area (TPSA) is 71.1 Å². The predicted octanol–water partition coefficient (Wildman–Crippen LogP) is 3.66. The van der Waals surface area contributed by atoms with Crippen molar-refractivity contribution in [2.45, 2.75) is 19.4 Å². The fourth-order valence-electron chi connectivity index (χ4n) is 3.68. The highest BCUT2D eigenvalue weighted by Gasteiger charge is 2.15. The van der Waals surface area contributed by atoms with E-state index in [0.29, 0.717) is 24.2 Å². The standard InChI is InChI=1S/C22H27N5O/c1-28-20-15-26-22(27-21(20)24-13-16-9-11-23-12-10-16)25-14-18-7-4-6-17-5-2-3-8-19(17)18/h2-8,15-16,23H,9-14H2,1H3,(H2,24,25,26,27). The van der Waals surface area contributed by atoms with Crippen LogP contribution in [0, 0.1) is 5.92 Å². The summed E-state index contributed by atoms with van der Waals surface area (Å²) < 4.78 is 5.43. The number of piperidine rings is 1. The van der Waals surface area contributed by atoms with Crippen molar-refractivity contribution < 1.29 is 4.74 Å². The lowest BCUT2D eigenvalue weighted by atomic mass is 9.98. The van der Waals surface area contributed by atoms with Crippen molar-refractivity contribution >= 4 is 22.5 Å². The molecule has 0 unspecified atom stereocenters.